The predicted octanol–water partition coefficient (Wildman–Crippen LogP) is 1.69. The summed E-state index contributed by atoms with van der Waals surface area (Å²) in [4.78, 5) is 23.1. The van der Waals surface area contributed by atoms with Crippen LogP contribution in [0.3, 0.4) is 0 Å². The van der Waals surface area contributed by atoms with E-state index in [4.69, 9.17) is 0 Å². The van der Waals surface area contributed by atoms with Crippen LogP contribution in [-0.2, 0) is 16.0 Å². The maximum Gasteiger partial charge on any atom is 0.225 e. The fourth-order valence-corrected chi connectivity index (χ4v) is 2.70. The van der Waals surface area contributed by atoms with Crippen LogP contribution < -0.4 is 5.32 Å². The Morgan fingerprint density at radius 2 is 2.12 bits per heavy atom. The van der Waals surface area contributed by atoms with Gasteiger partial charge in [-0.3, -0.25) is 9.59 Å². The van der Waals surface area contributed by atoms with Crippen molar-refractivity contribution in [3.63, 3.8) is 0 Å². The van der Waals surface area contributed by atoms with Gasteiger partial charge in [-0.1, -0.05) is 41.6 Å². The van der Waals surface area contributed by atoms with E-state index in [1.54, 1.807) is 0 Å². The van der Waals surface area contributed by atoms with Crippen LogP contribution in [0.25, 0.3) is 0 Å². The molecule has 0 radical (unpaired) electrons. The molecule has 2 rings (SSSR count). The van der Waals surface area contributed by atoms with Crippen LogP contribution in [0.15, 0.2) is 24.3 Å². The van der Waals surface area contributed by atoms with Gasteiger partial charge in [-0.25, -0.2) is 0 Å². The Morgan fingerprint density at radius 3 is 2.71 bits per heavy atom. The summed E-state index contributed by atoms with van der Waals surface area (Å²) >= 11 is 1.30. The van der Waals surface area contributed by atoms with Crippen LogP contribution in [0.5, 0.6) is 0 Å². The highest BCUT2D eigenvalue weighted by molar-refractivity contribution is 8.14. The molecule has 1 amide bonds. The Hall–Kier alpha value is -1.29. The highest BCUT2D eigenvalue weighted by Crippen LogP contribution is 2.19. The topological polar surface area (TPSA) is 46.2 Å². The van der Waals surface area contributed by atoms with Crippen LogP contribution >= 0.6 is 11.8 Å². The number of nitrogens with one attached hydrogen (secondary N) is 1. The number of aryl methyl sites for hydroxylation is 1. The van der Waals surface area contributed by atoms with Crippen molar-refractivity contribution in [2.75, 3.05) is 5.75 Å². The van der Waals surface area contributed by atoms with Crippen molar-refractivity contribution in [1.82, 2.24) is 5.32 Å². The minimum absolute atomic E-state index is 0.0743. The highest BCUT2D eigenvalue weighted by atomic mass is 32.2. The molecular weight excluding hydrogens is 234 g/mol. The zero-order chi connectivity index (χ0) is 12.3. The number of amides is 1. The van der Waals surface area contributed by atoms with Crippen LogP contribution in [0, 0.1) is 6.92 Å². The van der Waals surface area contributed by atoms with Crippen molar-refractivity contribution in [3.05, 3.63) is 35.4 Å². The Morgan fingerprint density at radius 1 is 1.41 bits per heavy atom. The lowest BCUT2D eigenvalue weighted by atomic mass is 10.1. The van der Waals surface area contributed by atoms with E-state index >= 15 is 0 Å². The number of thioether (sulfide) groups is 1. The van der Waals surface area contributed by atoms with Gasteiger partial charge in [-0.05, 0) is 18.9 Å². The lowest BCUT2D eigenvalue weighted by Gasteiger charge is -2.10. The van der Waals surface area contributed by atoms with Gasteiger partial charge < -0.3 is 5.32 Å². The Balaban J connectivity index is 1.88. The van der Waals surface area contributed by atoms with Crippen molar-refractivity contribution in [2.24, 2.45) is 0 Å². The summed E-state index contributed by atoms with van der Waals surface area (Å²) in [5, 5.41) is 2.87. The van der Waals surface area contributed by atoms with E-state index < -0.39 is 0 Å². The van der Waals surface area contributed by atoms with Gasteiger partial charge in [-0.15, -0.1) is 0 Å². The third-order valence-electron chi connectivity index (χ3n) is 2.76. The fraction of sp³-hybridized carbons (Fsp3) is 0.385. The molecule has 1 heterocycles. The molecule has 1 N–H and O–H groups in total. The second kappa shape index (κ2) is 5.36. The zero-order valence-corrected chi connectivity index (χ0v) is 10.5. The molecular formula is C13H15NO2S. The van der Waals surface area contributed by atoms with E-state index in [0.717, 1.165) is 17.7 Å². The molecule has 90 valence electrons. The summed E-state index contributed by atoms with van der Waals surface area (Å²) in [6.07, 6.45) is 1.10. The van der Waals surface area contributed by atoms with Gasteiger partial charge in [0, 0.05) is 5.75 Å². The molecule has 0 unspecified atom stereocenters. The summed E-state index contributed by atoms with van der Waals surface area (Å²) in [5.74, 6) is 0.739. The van der Waals surface area contributed by atoms with Crippen LogP contribution in [0.1, 0.15) is 17.5 Å². The van der Waals surface area contributed by atoms with Gasteiger partial charge in [0.25, 0.3) is 0 Å². The van der Waals surface area contributed by atoms with Gasteiger partial charge in [0.2, 0.25) is 11.0 Å². The third kappa shape index (κ3) is 3.33. The monoisotopic (exact) mass is 249 g/mol. The molecule has 0 spiro atoms. The normalized spacial score (nSPS) is 19.4. The van der Waals surface area contributed by atoms with Gasteiger partial charge in [0.05, 0.1) is 12.5 Å². The van der Waals surface area contributed by atoms with E-state index in [1.807, 2.05) is 31.2 Å². The summed E-state index contributed by atoms with van der Waals surface area (Å²) in [6.45, 7) is 2.01. The van der Waals surface area contributed by atoms with Crippen LogP contribution in [0.4, 0.5) is 0 Å². The average molecular weight is 249 g/mol. The Kier molecular flexibility index (Phi) is 3.84. The first-order valence-corrected chi connectivity index (χ1v) is 6.65. The zero-order valence-electron chi connectivity index (χ0n) is 9.73. The second-order valence-corrected chi connectivity index (χ2v) is 5.34. The molecule has 4 heteroatoms. The van der Waals surface area contributed by atoms with E-state index in [9.17, 15) is 9.59 Å². The van der Waals surface area contributed by atoms with E-state index in [1.165, 1.54) is 17.3 Å². The first-order valence-electron chi connectivity index (χ1n) is 5.67. The molecule has 0 aliphatic carbocycles. The smallest absolute Gasteiger partial charge is 0.225 e. The standard InChI is InChI=1S/C13H15NO2S/c1-9-2-4-10(5-3-9)8-12(15)14-11-6-7-17-13(11)16/h2-5,11H,6-8H2,1H3,(H,14,15)/t11-/m1/s1. The molecule has 0 bridgehead atoms. The van der Waals surface area contributed by atoms with Gasteiger partial charge in [-0.2, -0.15) is 0 Å². The maximum absolute atomic E-state index is 11.7. The molecule has 1 aliphatic heterocycles. The Labute approximate surface area is 105 Å². The van der Waals surface area contributed by atoms with Crippen LogP contribution in [-0.4, -0.2) is 22.8 Å². The van der Waals surface area contributed by atoms with E-state index in [-0.39, 0.29) is 17.1 Å². The number of hydrogen-bond acceptors (Lipinski definition) is 3. The lowest BCUT2D eigenvalue weighted by Crippen LogP contribution is -2.38. The summed E-state index contributed by atoms with van der Waals surface area (Å²) in [5.41, 5.74) is 2.16. The molecule has 0 saturated carbocycles. The number of carbonyl (C=O) groups is 2. The fourth-order valence-electron chi connectivity index (χ4n) is 1.76. The SMILES string of the molecule is Cc1ccc(CC(=O)N[C@@H]2CCSC2=O)cc1. The number of benzene rings is 1. The van der Waals surface area contributed by atoms with Gasteiger partial charge in [0.1, 0.15) is 0 Å². The molecule has 1 atom stereocenters. The molecule has 1 aromatic rings. The van der Waals surface area contributed by atoms with Gasteiger partial charge >= 0.3 is 0 Å². The molecule has 17 heavy (non-hydrogen) atoms. The summed E-state index contributed by atoms with van der Waals surface area (Å²) < 4.78 is 0. The van der Waals surface area contributed by atoms with Crippen LogP contribution in [0.2, 0.25) is 0 Å². The first kappa shape index (κ1) is 12.2. The van der Waals surface area contributed by atoms with E-state index in [2.05, 4.69) is 5.32 Å². The lowest BCUT2D eigenvalue weighted by molar-refractivity contribution is -0.124. The highest BCUT2D eigenvalue weighted by Gasteiger charge is 2.26. The van der Waals surface area contributed by atoms with Crippen molar-refractivity contribution >= 4 is 22.8 Å². The molecule has 1 aromatic carbocycles. The molecule has 1 fully saturated rings. The maximum atomic E-state index is 11.7. The minimum atomic E-state index is -0.280. The first-order chi connectivity index (χ1) is 8.15. The van der Waals surface area contributed by atoms with Crippen molar-refractivity contribution in [3.8, 4) is 0 Å². The Bertz CT molecular complexity index is 428. The quantitative estimate of drug-likeness (QED) is 0.886. The summed E-state index contributed by atoms with van der Waals surface area (Å²) in [7, 11) is 0. The van der Waals surface area contributed by atoms with Gasteiger partial charge in [0.15, 0.2) is 0 Å². The minimum Gasteiger partial charge on any atom is -0.345 e. The van der Waals surface area contributed by atoms with Crippen molar-refractivity contribution < 1.29 is 9.59 Å². The second-order valence-electron chi connectivity index (χ2n) is 4.24. The molecule has 1 saturated heterocycles. The summed E-state index contributed by atoms with van der Waals surface area (Å²) in [6, 6.07) is 7.58. The number of rotatable bonds is 3. The van der Waals surface area contributed by atoms with E-state index in [0.29, 0.717) is 6.42 Å². The molecule has 3 nitrogen and oxygen atoms in total. The average Bonchev–Trinajstić information content (AvgIpc) is 2.68. The number of carbonyl (C=O) groups excluding carboxylic acids is 2. The largest absolute Gasteiger partial charge is 0.345 e. The predicted molar refractivity (Wildman–Crippen MR) is 68.9 cm³/mol. The molecule has 1 aliphatic rings. The number of hydrogen-bond donors (Lipinski definition) is 1. The van der Waals surface area contributed by atoms with Crippen molar-refractivity contribution in [1.29, 1.82) is 0 Å². The van der Waals surface area contributed by atoms with Crippen molar-refractivity contribution in [2.45, 2.75) is 25.8 Å². The molecule has 0 aromatic heterocycles. The third-order valence-corrected chi connectivity index (χ3v) is 3.76.